The summed E-state index contributed by atoms with van der Waals surface area (Å²) in [5, 5.41) is 2.76. The molecule has 0 aliphatic carbocycles. The van der Waals surface area contributed by atoms with E-state index in [0.717, 1.165) is 0 Å². The van der Waals surface area contributed by atoms with Gasteiger partial charge in [-0.25, -0.2) is 8.78 Å². The molecule has 118 valence electrons. The van der Waals surface area contributed by atoms with E-state index < -0.39 is 47.1 Å². The lowest BCUT2D eigenvalue weighted by atomic mass is 10.0. The van der Waals surface area contributed by atoms with Crippen molar-refractivity contribution in [2.75, 3.05) is 6.61 Å². The summed E-state index contributed by atoms with van der Waals surface area (Å²) >= 11 is 0. The SMILES string of the molecule is CC(C)NC(C)(COc1c(F)c(F)cc(F)c1F)C(N)=O. The van der Waals surface area contributed by atoms with Crippen molar-refractivity contribution in [3.63, 3.8) is 0 Å². The van der Waals surface area contributed by atoms with Crippen LogP contribution in [-0.4, -0.2) is 24.1 Å². The van der Waals surface area contributed by atoms with Gasteiger partial charge in [-0.15, -0.1) is 0 Å². The van der Waals surface area contributed by atoms with Crippen molar-refractivity contribution in [1.29, 1.82) is 0 Å². The molecular formula is C13H16F4N2O2. The van der Waals surface area contributed by atoms with Crippen LogP contribution < -0.4 is 15.8 Å². The van der Waals surface area contributed by atoms with E-state index in [2.05, 4.69) is 5.32 Å². The molecule has 1 aromatic carbocycles. The normalized spacial score (nSPS) is 14.1. The lowest BCUT2D eigenvalue weighted by Crippen LogP contribution is -2.59. The molecule has 1 rings (SSSR count). The monoisotopic (exact) mass is 308 g/mol. The van der Waals surface area contributed by atoms with Crippen molar-refractivity contribution < 1.29 is 27.1 Å². The maximum Gasteiger partial charge on any atom is 0.240 e. The van der Waals surface area contributed by atoms with Crippen molar-refractivity contribution in [2.45, 2.75) is 32.4 Å². The van der Waals surface area contributed by atoms with Crippen molar-refractivity contribution in [3.8, 4) is 5.75 Å². The number of nitrogens with one attached hydrogen (secondary N) is 1. The van der Waals surface area contributed by atoms with Crippen LogP contribution in [0, 0.1) is 23.3 Å². The number of benzene rings is 1. The quantitative estimate of drug-likeness (QED) is 0.623. The molecule has 0 spiro atoms. The predicted molar refractivity (Wildman–Crippen MR) is 67.6 cm³/mol. The smallest absolute Gasteiger partial charge is 0.240 e. The van der Waals surface area contributed by atoms with Gasteiger partial charge in [0.1, 0.15) is 12.1 Å². The second-order valence-electron chi connectivity index (χ2n) is 5.08. The highest BCUT2D eigenvalue weighted by molar-refractivity contribution is 5.84. The molecule has 0 aromatic heterocycles. The Morgan fingerprint density at radius 3 is 2.14 bits per heavy atom. The molecule has 8 heteroatoms. The highest BCUT2D eigenvalue weighted by Crippen LogP contribution is 2.27. The summed E-state index contributed by atoms with van der Waals surface area (Å²) in [7, 11) is 0. The van der Waals surface area contributed by atoms with Crippen LogP contribution in [0.2, 0.25) is 0 Å². The maximum absolute atomic E-state index is 13.4. The molecule has 4 nitrogen and oxygen atoms in total. The van der Waals surface area contributed by atoms with Crippen LogP contribution in [0.3, 0.4) is 0 Å². The van der Waals surface area contributed by atoms with Crippen molar-refractivity contribution in [3.05, 3.63) is 29.3 Å². The molecule has 0 bridgehead atoms. The van der Waals surface area contributed by atoms with Gasteiger partial charge in [0.2, 0.25) is 17.5 Å². The van der Waals surface area contributed by atoms with E-state index >= 15 is 0 Å². The summed E-state index contributed by atoms with van der Waals surface area (Å²) in [6.07, 6.45) is 0. The Hall–Kier alpha value is -1.83. The van der Waals surface area contributed by atoms with Gasteiger partial charge in [0, 0.05) is 12.1 Å². The summed E-state index contributed by atoms with van der Waals surface area (Å²) in [6.45, 7) is 4.17. The average molecular weight is 308 g/mol. The Kier molecular flexibility index (Phi) is 5.16. The summed E-state index contributed by atoms with van der Waals surface area (Å²) in [4.78, 5) is 11.4. The van der Waals surface area contributed by atoms with Crippen LogP contribution in [0.15, 0.2) is 6.07 Å². The van der Waals surface area contributed by atoms with Gasteiger partial charge in [0.25, 0.3) is 0 Å². The van der Waals surface area contributed by atoms with Gasteiger partial charge in [-0.3, -0.25) is 10.1 Å². The number of rotatable bonds is 6. The fourth-order valence-electron chi connectivity index (χ4n) is 1.72. The molecular weight excluding hydrogens is 292 g/mol. The molecule has 0 saturated carbocycles. The minimum Gasteiger partial charge on any atom is -0.485 e. The number of amides is 1. The Morgan fingerprint density at radius 1 is 1.29 bits per heavy atom. The molecule has 0 saturated heterocycles. The van der Waals surface area contributed by atoms with E-state index in [1.165, 1.54) is 6.92 Å². The van der Waals surface area contributed by atoms with Crippen LogP contribution >= 0.6 is 0 Å². The second-order valence-corrected chi connectivity index (χ2v) is 5.08. The zero-order valence-electron chi connectivity index (χ0n) is 11.8. The second kappa shape index (κ2) is 6.30. The van der Waals surface area contributed by atoms with E-state index in [4.69, 9.17) is 10.5 Å². The number of hydrogen-bond acceptors (Lipinski definition) is 3. The Labute approximate surface area is 119 Å². The lowest BCUT2D eigenvalue weighted by Gasteiger charge is -2.29. The van der Waals surface area contributed by atoms with Crippen molar-refractivity contribution >= 4 is 5.91 Å². The number of halogens is 4. The predicted octanol–water partition coefficient (Wildman–Crippen LogP) is 1.86. The Balaban J connectivity index is 3.04. The highest BCUT2D eigenvalue weighted by atomic mass is 19.2. The highest BCUT2D eigenvalue weighted by Gasteiger charge is 2.34. The van der Waals surface area contributed by atoms with E-state index in [-0.39, 0.29) is 12.1 Å². The number of nitrogens with two attached hydrogens (primary N) is 1. The molecule has 0 fully saturated rings. The minimum atomic E-state index is -1.68. The molecule has 1 atom stereocenters. The van der Waals surface area contributed by atoms with Gasteiger partial charge in [0.15, 0.2) is 17.4 Å². The summed E-state index contributed by atoms with van der Waals surface area (Å²) in [6, 6.07) is -0.123. The van der Waals surface area contributed by atoms with Gasteiger partial charge >= 0.3 is 0 Å². The first-order chi connectivity index (χ1) is 9.58. The topological polar surface area (TPSA) is 64.3 Å². The molecule has 0 aliphatic rings. The van der Waals surface area contributed by atoms with Crippen molar-refractivity contribution in [1.82, 2.24) is 5.32 Å². The largest absolute Gasteiger partial charge is 0.485 e. The lowest BCUT2D eigenvalue weighted by molar-refractivity contribution is -0.125. The van der Waals surface area contributed by atoms with Crippen LogP contribution in [0.25, 0.3) is 0 Å². The van der Waals surface area contributed by atoms with E-state index in [9.17, 15) is 22.4 Å². The zero-order chi connectivity index (χ0) is 16.4. The summed E-state index contributed by atoms with van der Waals surface area (Å²) in [5.74, 6) is -8.61. The first kappa shape index (κ1) is 17.2. The number of hydrogen-bond donors (Lipinski definition) is 2. The van der Waals surface area contributed by atoms with Crippen molar-refractivity contribution in [2.24, 2.45) is 5.73 Å². The van der Waals surface area contributed by atoms with E-state index in [0.29, 0.717) is 0 Å². The number of carbonyl (C=O) groups excluding carboxylic acids is 1. The van der Waals surface area contributed by atoms with E-state index in [1.807, 2.05) is 0 Å². The molecule has 0 aliphatic heterocycles. The van der Waals surface area contributed by atoms with Crippen LogP contribution in [0.5, 0.6) is 5.75 Å². The summed E-state index contributed by atoms with van der Waals surface area (Å²) < 4.78 is 57.7. The molecule has 1 unspecified atom stereocenters. The number of carbonyl (C=O) groups is 1. The first-order valence-electron chi connectivity index (χ1n) is 6.12. The van der Waals surface area contributed by atoms with Crippen LogP contribution in [-0.2, 0) is 4.79 Å². The molecule has 1 amide bonds. The zero-order valence-corrected chi connectivity index (χ0v) is 11.8. The molecule has 3 N–H and O–H groups in total. The molecule has 0 radical (unpaired) electrons. The first-order valence-corrected chi connectivity index (χ1v) is 6.12. The van der Waals surface area contributed by atoms with Gasteiger partial charge in [-0.2, -0.15) is 8.78 Å². The third kappa shape index (κ3) is 3.84. The maximum atomic E-state index is 13.4. The van der Waals surface area contributed by atoms with Crippen LogP contribution in [0.1, 0.15) is 20.8 Å². The third-order valence-electron chi connectivity index (χ3n) is 2.73. The van der Waals surface area contributed by atoms with Gasteiger partial charge in [-0.1, -0.05) is 0 Å². The molecule has 0 heterocycles. The third-order valence-corrected chi connectivity index (χ3v) is 2.73. The minimum absolute atomic E-state index is 0.0666. The van der Waals surface area contributed by atoms with Gasteiger partial charge in [-0.05, 0) is 20.8 Å². The Bertz CT molecular complexity index is 525. The van der Waals surface area contributed by atoms with Gasteiger partial charge in [0.05, 0.1) is 0 Å². The number of primary amides is 1. The van der Waals surface area contributed by atoms with Gasteiger partial charge < -0.3 is 10.5 Å². The molecule has 21 heavy (non-hydrogen) atoms. The summed E-state index contributed by atoms with van der Waals surface area (Å²) in [5.41, 5.74) is 3.74. The van der Waals surface area contributed by atoms with E-state index in [1.54, 1.807) is 13.8 Å². The fourth-order valence-corrected chi connectivity index (χ4v) is 1.72. The number of ether oxygens (including phenoxy) is 1. The van der Waals surface area contributed by atoms with Crippen LogP contribution in [0.4, 0.5) is 17.6 Å². The Morgan fingerprint density at radius 2 is 1.76 bits per heavy atom. The average Bonchev–Trinajstić information content (AvgIpc) is 2.35. The fraction of sp³-hybridized carbons (Fsp3) is 0.462. The standard InChI is InChI=1S/C13H16F4N2O2/c1-6(2)19-13(3,12(18)20)5-21-11-9(16)7(14)4-8(15)10(11)17/h4,6,19H,5H2,1-3H3,(H2,18,20). The molecule has 1 aromatic rings.